The number of urea groups is 1. The van der Waals surface area contributed by atoms with E-state index in [4.69, 9.17) is 9.97 Å². The summed E-state index contributed by atoms with van der Waals surface area (Å²) < 4.78 is 13.0. The average Bonchev–Trinajstić information content (AvgIpc) is 2.76. The Bertz CT molecular complexity index is 909. The molecule has 2 aliphatic carbocycles. The molecule has 0 radical (unpaired) electrons. The molecule has 0 aliphatic heterocycles. The Morgan fingerprint density at radius 3 is 2.39 bits per heavy atom. The van der Waals surface area contributed by atoms with Gasteiger partial charge in [-0.25, -0.2) is 14.2 Å². The first-order valence-corrected chi connectivity index (χ1v) is 11.1. The van der Waals surface area contributed by atoms with Gasteiger partial charge in [-0.3, -0.25) is 0 Å². The smallest absolute Gasteiger partial charge is 0.319 e. The first kappa shape index (κ1) is 21.3. The third-order valence-corrected chi connectivity index (χ3v) is 6.08. The SMILES string of the molecule is CN(C)c1nc(N[C@H]2CC[C@@H](NC(=O)Nc3ccc(F)cc3)CC2)nc2c1CCCC2. The number of halogens is 1. The van der Waals surface area contributed by atoms with Crippen LogP contribution < -0.4 is 20.9 Å². The van der Waals surface area contributed by atoms with Crippen molar-refractivity contribution in [3.8, 4) is 0 Å². The van der Waals surface area contributed by atoms with Gasteiger partial charge in [0.05, 0.1) is 5.69 Å². The van der Waals surface area contributed by atoms with Crippen LogP contribution in [-0.2, 0) is 12.8 Å². The highest BCUT2D eigenvalue weighted by molar-refractivity contribution is 5.89. The maximum atomic E-state index is 13.0. The van der Waals surface area contributed by atoms with E-state index in [9.17, 15) is 9.18 Å². The van der Waals surface area contributed by atoms with E-state index in [1.54, 1.807) is 12.1 Å². The van der Waals surface area contributed by atoms with Gasteiger partial charge in [0, 0.05) is 37.4 Å². The second-order valence-corrected chi connectivity index (χ2v) is 8.70. The Morgan fingerprint density at radius 2 is 1.68 bits per heavy atom. The van der Waals surface area contributed by atoms with Crippen molar-refractivity contribution in [2.24, 2.45) is 0 Å². The zero-order chi connectivity index (χ0) is 21.8. The number of nitrogens with zero attached hydrogens (tertiary/aromatic N) is 3. The fourth-order valence-corrected chi connectivity index (χ4v) is 4.46. The second-order valence-electron chi connectivity index (χ2n) is 8.70. The minimum Gasteiger partial charge on any atom is -0.362 e. The van der Waals surface area contributed by atoms with Crippen molar-refractivity contribution >= 4 is 23.5 Å². The Balaban J connectivity index is 1.29. The Hall–Kier alpha value is -2.90. The molecule has 2 aliphatic rings. The summed E-state index contributed by atoms with van der Waals surface area (Å²) in [5.41, 5.74) is 3.05. The summed E-state index contributed by atoms with van der Waals surface area (Å²) in [4.78, 5) is 23.9. The first-order valence-electron chi connectivity index (χ1n) is 11.1. The number of rotatable bonds is 5. The van der Waals surface area contributed by atoms with Crippen molar-refractivity contribution in [3.05, 3.63) is 41.3 Å². The average molecular weight is 427 g/mol. The van der Waals surface area contributed by atoms with Gasteiger partial charge in [0.1, 0.15) is 11.6 Å². The van der Waals surface area contributed by atoms with E-state index in [1.165, 1.54) is 36.2 Å². The molecule has 7 nitrogen and oxygen atoms in total. The number of aromatic nitrogens is 2. The number of anilines is 3. The number of benzene rings is 1. The number of amides is 2. The Labute approximate surface area is 182 Å². The molecule has 31 heavy (non-hydrogen) atoms. The molecule has 1 fully saturated rings. The molecule has 1 saturated carbocycles. The minimum absolute atomic E-state index is 0.125. The highest BCUT2D eigenvalue weighted by Gasteiger charge is 2.24. The molecule has 3 N–H and O–H groups in total. The lowest BCUT2D eigenvalue weighted by atomic mass is 9.91. The lowest BCUT2D eigenvalue weighted by molar-refractivity contribution is 0.243. The lowest BCUT2D eigenvalue weighted by Crippen LogP contribution is -2.42. The standard InChI is InChI=1S/C23H31FN6O/c1-30(2)21-19-5-3-4-6-20(19)28-22(29-21)25-16-11-13-18(14-12-16)27-23(31)26-17-9-7-15(24)8-10-17/h7-10,16,18H,3-6,11-14H2,1-2H3,(H,25,28,29)(H2,26,27,31)/t16-,18+. The molecule has 0 bridgehead atoms. The van der Waals surface area contributed by atoms with E-state index in [2.05, 4.69) is 20.9 Å². The molecule has 2 amide bonds. The second kappa shape index (κ2) is 9.49. The molecule has 2 aromatic rings. The summed E-state index contributed by atoms with van der Waals surface area (Å²) in [5, 5.41) is 9.31. The van der Waals surface area contributed by atoms with E-state index < -0.39 is 0 Å². The van der Waals surface area contributed by atoms with Crippen molar-refractivity contribution in [2.75, 3.05) is 29.6 Å². The van der Waals surface area contributed by atoms with Crippen LogP contribution in [0.25, 0.3) is 0 Å². The third-order valence-electron chi connectivity index (χ3n) is 6.08. The molecule has 4 rings (SSSR count). The minimum atomic E-state index is -0.322. The highest BCUT2D eigenvalue weighted by Crippen LogP contribution is 2.29. The largest absolute Gasteiger partial charge is 0.362 e. The van der Waals surface area contributed by atoms with Crippen molar-refractivity contribution in [2.45, 2.75) is 63.5 Å². The van der Waals surface area contributed by atoms with E-state index in [0.29, 0.717) is 11.7 Å². The third kappa shape index (κ3) is 5.42. The zero-order valence-electron chi connectivity index (χ0n) is 18.2. The van der Waals surface area contributed by atoms with Gasteiger partial charge in [0.25, 0.3) is 0 Å². The Kier molecular flexibility index (Phi) is 6.53. The predicted octanol–water partition coefficient (Wildman–Crippen LogP) is 4.11. The molecule has 0 unspecified atom stereocenters. The van der Waals surface area contributed by atoms with E-state index >= 15 is 0 Å². The van der Waals surface area contributed by atoms with Crippen LogP contribution in [0.4, 0.5) is 26.6 Å². The van der Waals surface area contributed by atoms with Crippen LogP contribution in [-0.4, -0.2) is 42.2 Å². The van der Waals surface area contributed by atoms with Gasteiger partial charge in [0.2, 0.25) is 5.95 Å². The fourth-order valence-electron chi connectivity index (χ4n) is 4.46. The van der Waals surface area contributed by atoms with E-state index in [-0.39, 0.29) is 17.9 Å². The summed E-state index contributed by atoms with van der Waals surface area (Å²) in [7, 11) is 4.07. The van der Waals surface area contributed by atoms with Crippen LogP contribution in [0.5, 0.6) is 0 Å². The van der Waals surface area contributed by atoms with E-state index in [0.717, 1.165) is 50.3 Å². The van der Waals surface area contributed by atoms with Gasteiger partial charge in [-0.05, 0) is 75.6 Å². The predicted molar refractivity (Wildman–Crippen MR) is 121 cm³/mol. The highest BCUT2D eigenvalue weighted by atomic mass is 19.1. The topological polar surface area (TPSA) is 82.2 Å². The molecule has 1 aromatic carbocycles. The molecule has 166 valence electrons. The van der Waals surface area contributed by atoms with Crippen molar-refractivity contribution in [1.82, 2.24) is 15.3 Å². The van der Waals surface area contributed by atoms with Gasteiger partial charge < -0.3 is 20.9 Å². The number of carbonyl (C=O) groups is 1. The van der Waals surface area contributed by atoms with Crippen LogP contribution in [0, 0.1) is 5.82 Å². The van der Waals surface area contributed by atoms with Crippen molar-refractivity contribution in [3.63, 3.8) is 0 Å². The lowest BCUT2D eigenvalue weighted by Gasteiger charge is -2.30. The number of carbonyl (C=O) groups excluding carboxylic acids is 1. The molecule has 0 saturated heterocycles. The molecular formula is C23H31FN6O. The monoisotopic (exact) mass is 426 g/mol. The Morgan fingerprint density at radius 1 is 1.00 bits per heavy atom. The summed E-state index contributed by atoms with van der Waals surface area (Å²) in [5.74, 6) is 1.42. The first-order chi connectivity index (χ1) is 15.0. The number of hydrogen-bond acceptors (Lipinski definition) is 5. The fraction of sp³-hybridized carbons (Fsp3) is 0.522. The van der Waals surface area contributed by atoms with Crippen LogP contribution >= 0.6 is 0 Å². The number of nitrogens with one attached hydrogen (secondary N) is 3. The summed E-state index contributed by atoms with van der Waals surface area (Å²) in [6, 6.07) is 5.94. The molecule has 0 spiro atoms. The summed E-state index contributed by atoms with van der Waals surface area (Å²) in [6.45, 7) is 0. The van der Waals surface area contributed by atoms with Gasteiger partial charge in [-0.1, -0.05) is 0 Å². The van der Waals surface area contributed by atoms with Crippen LogP contribution in [0.2, 0.25) is 0 Å². The van der Waals surface area contributed by atoms with Gasteiger partial charge in [-0.15, -0.1) is 0 Å². The molecule has 1 aromatic heterocycles. The van der Waals surface area contributed by atoms with Crippen LogP contribution in [0.3, 0.4) is 0 Å². The number of hydrogen-bond donors (Lipinski definition) is 3. The zero-order valence-corrected chi connectivity index (χ0v) is 18.2. The number of fused-ring (bicyclic) bond motifs is 1. The summed E-state index contributed by atoms with van der Waals surface area (Å²) in [6.07, 6.45) is 8.13. The quantitative estimate of drug-likeness (QED) is 0.670. The molecule has 0 atom stereocenters. The number of aryl methyl sites for hydroxylation is 1. The summed E-state index contributed by atoms with van der Waals surface area (Å²) >= 11 is 0. The van der Waals surface area contributed by atoms with Crippen molar-refractivity contribution in [1.29, 1.82) is 0 Å². The van der Waals surface area contributed by atoms with Crippen LogP contribution in [0.15, 0.2) is 24.3 Å². The van der Waals surface area contributed by atoms with Crippen molar-refractivity contribution < 1.29 is 9.18 Å². The van der Waals surface area contributed by atoms with Gasteiger partial charge in [-0.2, -0.15) is 4.98 Å². The maximum absolute atomic E-state index is 13.0. The molecular weight excluding hydrogens is 395 g/mol. The molecule has 8 heteroatoms. The molecule has 1 heterocycles. The normalized spacial score (nSPS) is 20.5. The maximum Gasteiger partial charge on any atom is 0.319 e. The van der Waals surface area contributed by atoms with Gasteiger partial charge >= 0.3 is 6.03 Å². The van der Waals surface area contributed by atoms with Crippen LogP contribution in [0.1, 0.15) is 49.8 Å². The van der Waals surface area contributed by atoms with Gasteiger partial charge in [0.15, 0.2) is 0 Å². The van der Waals surface area contributed by atoms with E-state index in [1.807, 2.05) is 14.1 Å².